The van der Waals surface area contributed by atoms with Crippen LogP contribution in [0.15, 0.2) is 29.3 Å². The van der Waals surface area contributed by atoms with E-state index in [1.165, 1.54) is 31.4 Å². The van der Waals surface area contributed by atoms with Gasteiger partial charge in [-0.3, -0.25) is 4.99 Å². The van der Waals surface area contributed by atoms with Crippen molar-refractivity contribution in [3.8, 4) is 0 Å². The second-order valence-electron chi connectivity index (χ2n) is 5.63. The van der Waals surface area contributed by atoms with Crippen LogP contribution in [-0.2, 0) is 12.7 Å². The standard InChI is InChI=1S/C16H22F3N3/c1-20-15(21-10-2-3-12-4-5-12)22-11-13-6-8-14(9-7-13)16(17,18)19/h6-9,12H,2-5,10-11H2,1H3,(H2,20,21,22). The van der Waals surface area contributed by atoms with E-state index < -0.39 is 11.7 Å². The Morgan fingerprint density at radius 1 is 1.18 bits per heavy atom. The normalized spacial score (nSPS) is 15.7. The van der Waals surface area contributed by atoms with Gasteiger partial charge in [0.05, 0.1) is 5.56 Å². The van der Waals surface area contributed by atoms with Crippen molar-refractivity contribution in [3.63, 3.8) is 0 Å². The Bertz CT molecular complexity index is 490. The van der Waals surface area contributed by atoms with E-state index in [2.05, 4.69) is 15.6 Å². The van der Waals surface area contributed by atoms with E-state index in [9.17, 15) is 13.2 Å². The van der Waals surface area contributed by atoms with E-state index in [4.69, 9.17) is 0 Å². The summed E-state index contributed by atoms with van der Waals surface area (Å²) in [4.78, 5) is 4.11. The average molecular weight is 313 g/mol. The molecule has 0 heterocycles. The van der Waals surface area contributed by atoms with Crippen molar-refractivity contribution in [2.45, 2.75) is 38.4 Å². The van der Waals surface area contributed by atoms with E-state index in [1.54, 1.807) is 7.05 Å². The van der Waals surface area contributed by atoms with Crippen molar-refractivity contribution in [2.75, 3.05) is 13.6 Å². The van der Waals surface area contributed by atoms with Gasteiger partial charge in [0.2, 0.25) is 0 Å². The number of hydrogen-bond donors (Lipinski definition) is 2. The lowest BCUT2D eigenvalue weighted by atomic mass is 10.1. The van der Waals surface area contributed by atoms with Gasteiger partial charge in [-0.15, -0.1) is 0 Å². The average Bonchev–Trinajstić information content (AvgIpc) is 3.30. The molecule has 0 bridgehead atoms. The molecular formula is C16H22F3N3. The van der Waals surface area contributed by atoms with Crippen molar-refractivity contribution in [1.82, 2.24) is 10.6 Å². The molecule has 3 nitrogen and oxygen atoms in total. The Kier molecular flexibility index (Phi) is 5.69. The zero-order chi connectivity index (χ0) is 16.0. The van der Waals surface area contributed by atoms with Crippen molar-refractivity contribution < 1.29 is 13.2 Å². The zero-order valence-electron chi connectivity index (χ0n) is 12.7. The number of nitrogens with one attached hydrogen (secondary N) is 2. The second kappa shape index (κ2) is 7.51. The van der Waals surface area contributed by atoms with Crippen LogP contribution in [0, 0.1) is 5.92 Å². The van der Waals surface area contributed by atoms with Gasteiger partial charge in [0.1, 0.15) is 0 Å². The zero-order valence-corrected chi connectivity index (χ0v) is 12.7. The molecule has 1 aromatic rings. The topological polar surface area (TPSA) is 36.4 Å². The predicted molar refractivity (Wildman–Crippen MR) is 81.6 cm³/mol. The molecule has 22 heavy (non-hydrogen) atoms. The maximum absolute atomic E-state index is 12.5. The van der Waals surface area contributed by atoms with Gasteiger partial charge in [-0.05, 0) is 36.5 Å². The molecule has 1 saturated carbocycles. The summed E-state index contributed by atoms with van der Waals surface area (Å²) in [6.45, 7) is 1.31. The predicted octanol–water partition coefficient (Wildman–Crippen LogP) is 3.56. The van der Waals surface area contributed by atoms with Crippen LogP contribution in [0.2, 0.25) is 0 Å². The molecule has 122 valence electrons. The first-order valence-electron chi connectivity index (χ1n) is 7.59. The molecule has 0 atom stereocenters. The Morgan fingerprint density at radius 2 is 1.86 bits per heavy atom. The monoisotopic (exact) mass is 313 g/mol. The molecule has 0 aromatic heterocycles. The molecule has 1 aliphatic rings. The van der Waals surface area contributed by atoms with Crippen LogP contribution < -0.4 is 10.6 Å². The molecule has 0 unspecified atom stereocenters. The molecule has 1 fully saturated rings. The van der Waals surface area contributed by atoms with Crippen molar-refractivity contribution in [2.24, 2.45) is 10.9 Å². The van der Waals surface area contributed by atoms with Crippen LogP contribution in [0.4, 0.5) is 13.2 Å². The Hall–Kier alpha value is -1.72. The minimum absolute atomic E-state index is 0.445. The van der Waals surface area contributed by atoms with E-state index >= 15 is 0 Å². The van der Waals surface area contributed by atoms with Gasteiger partial charge in [0.25, 0.3) is 0 Å². The summed E-state index contributed by atoms with van der Waals surface area (Å²) < 4.78 is 37.4. The SMILES string of the molecule is CN=C(NCCCC1CC1)NCc1ccc(C(F)(F)F)cc1. The highest BCUT2D eigenvalue weighted by molar-refractivity contribution is 5.79. The lowest BCUT2D eigenvalue weighted by Gasteiger charge is -2.12. The fraction of sp³-hybridized carbons (Fsp3) is 0.562. The van der Waals surface area contributed by atoms with Gasteiger partial charge in [0, 0.05) is 20.1 Å². The van der Waals surface area contributed by atoms with E-state index in [0.29, 0.717) is 12.5 Å². The molecule has 2 N–H and O–H groups in total. The van der Waals surface area contributed by atoms with Gasteiger partial charge >= 0.3 is 6.18 Å². The van der Waals surface area contributed by atoms with E-state index in [-0.39, 0.29) is 0 Å². The van der Waals surface area contributed by atoms with Crippen LogP contribution in [0.25, 0.3) is 0 Å². The summed E-state index contributed by atoms with van der Waals surface area (Å²) in [6, 6.07) is 5.16. The third-order valence-corrected chi connectivity index (χ3v) is 3.74. The lowest BCUT2D eigenvalue weighted by molar-refractivity contribution is -0.137. The summed E-state index contributed by atoms with van der Waals surface area (Å²) in [7, 11) is 1.68. The highest BCUT2D eigenvalue weighted by atomic mass is 19.4. The number of aliphatic imine (C=N–C) groups is 1. The first-order valence-corrected chi connectivity index (χ1v) is 7.59. The number of guanidine groups is 1. The van der Waals surface area contributed by atoms with Gasteiger partial charge in [-0.1, -0.05) is 25.0 Å². The number of nitrogens with zero attached hydrogens (tertiary/aromatic N) is 1. The number of halogens is 3. The highest BCUT2D eigenvalue weighted by Gasteiger charge is 2.29. The van der Waals surface area contributed by atoms with Gasteiger partial charge in [0.15, 0.2) is 5.96 Å². The summed E-state index contributed by atoms with van der Waals surface area (Å²) in [6.07, 6.45) is 0.807. The summed E-state index contributed by atoms with van der Waals surface area (Å²) >= 11 is 0. The van der Waals surface area contributed by atoms with Crippen LogP contribution >= 0.6 is 0 Å². The maximum atomic E-state index is 12.5. The summed E-state index contributed by atoms with van der Waals surface area (Å²) in [5, 5.41) is 6.32. The van der Waals surface area contributed by atoms with Gasteiger partial charge in [-0.2, -0.15) is 13.2 Å². The minimum atomic E-state index is -4.29. The third-order valence-electron chi connectivity index (χ3n) is 3.74. The summed E-state index contributed by atoms with van der Waals surface area (Å²) in [5.41, 5.74) is 0.160. The fourth-order valence-corrected chi connectivity index (χ4v) is 2.22. The quantitative estimate of drug-likeness (QED) is 0.478. The fourth-order valence-electron chi connectivity index (χ4n) is 2.22. The number of rotatable bonds is 6. The maximum Gasteiger partial charge on any atom is 0.416 e. The minimum Gasteiger partial charge on any atom is -0.356 e. The molecule has 1 aliphatic carbocycles. The Morgan fingerprint density at radius 3 is 2.41 bits per heavy atom. The molecule has 0 spiro atoms. The Balaban J connectivity index is 1.72. The largest absolute Gasteiger partial charge is 0.416 e. The lowest BCUT2D eigenvalue weighted by Crippen LogP contribution is -2.37. The van der Waals surface area contributed by atoms with Crippen molar-refractivity contribution in [3.05, 3.63) is 35.4 Å². The summed E-state index contributed by atoms with van der Waals surface area (Å²) in [5.74, 6) is 1.60. The van der Waals surface area contributed by atoms with Crippen LogP contribution in [-0.4, -0.2) is 19.6 Å². The van der Waals surface area contributed by atoms with E-state index in [1.807, 2.05) is 0 Å². The second-order valence-corrected chi connectivity index (χ2v) is 5.63. The van der Waals surface area contributed by atoms with Crippen molar-refractivity contribution >= 4 is 5.96 Å². The first kappa shape index (κ1) is 16.6. The molecule has 0 radical (unpaired) electrons. The third kappa shape index (κ3) is 5.58. The number of hydrogen-bond acceptors (Lipinski definition) is 1. The number of alkyl halides is 3. The Labute approximate surface area is 129 Å². The molecule has 0 saturated heterocycles. The van der Waals surface area contributed by atoms with Gasteiger partial charge in [-0.25, -0.2) is 0 Å². The van der Waals surface area contributed by atoms with Crippen LogP contribution in [0.3, 0.4) is 0 Å². The molecule has 6 heteroatoms. The van der Waals surface area contributed by atoms with Crippen LogP contribution in [0.5, 0.6) is 0 Å². The van der Waals surface area contributed by atoms with Gasteiger partial charge < -0.3 is 10.6 Å². The number of benzene rings is 1. The highest BCUT2D eigenvalue weighted by Crippen LogP contribution is 2.33. The molecule has 0 amide bonds. The molecule has 1 aromatic carbocycles. The molecular weight excluding hydrogens is 291 g/mol. The molecule has 0 aliphatic heterocycles. The smallest absolute Gasteiger partial charge is 0.356 e. The molecule has 2 rings (SSSR count). The van der Waals surface area contributed by atoms with Crippen molar-refractivity contribution in [1.29, 1.82) is 0 Å². The van der Waals surface area contributed by atoms with E-state index in [0.717, 1.165) is 36.6 Å². The first-order chi connectivity index (χ1) is 10.5. The van der Waals surface area contributed by atoms with Crippen LogP contribution in [0.1, 0.15) is 36.8 Å².